The van der Waals surface area contributed by atoms with E-state index in [9.17, 15) is 0 Å². The van der Waals surface area contributed by atoms with E-state index in [2.05, 4.69) is 133 Å². The summed E-state index contributed by atoms with van der Waals surface area (Å²) >= 11 is 0. The molecule has 0 saturated carbocycles. The summed E-state index contributed by atoms with van der Waals surface area (Å²) in [6, 6.07) is 47.9. The van der Waals surface area contributed by atoms with Crippen LogP contribution in [-0.2, 0) is 0 Å². The van der Waals surface area contributed by atoms with E-state index in [4.69, 9.17) is 9.97 Å². The molecule has 0 aliphatic heterocycles. The number of rotatable bonds is 2. The van der Waals surface area contributed by atoms with E-state index in [1.54, 1.807) is 0 Å². The van der Waals surface area contributed by atoms with Gasteiger partial charge in [-0.15, -0.1) is 0 Å². The topological polar surface area (TPSA) is 25.8 Å². The van der Waals surface area contributed by atoms with Crippen LogP contribution in [-0.4, -0.2) is 9.97 Å². The predicted molar refractivity (Wildman–Crippen MR) is 163 cm³/mol. The Morgan fingerprint density at radius 3 is 1.05 bits per heavy atom. The van der Waals surface area contributed by atoms with Crippen molar-refractivity contribution >= 4 is 21.8 Å². The number of aromatic nitrogens is 2. The summed E-state index contributed by atoms with van der Waals surface area (Å²) in [5, 5.41) is 2.41. The third kappa shape index (κ3) is 2.88. The molecule has 0 unspecified atom stereocenters. The number of hydrogen-bond acceptors (Lipinski definition) is 2. The van der Waals surface area contributed by atoms with E-state index in [-0.39, 0.29) is 11.8 Å². The van der Waals surface area contributed by atoms with Gasteiger partial charge >= 0.3 is 0 Å². The molecule has 0 fully saturated rings. The number of fused-ring (bicyclic) bond motifs is 2. The Labute approximate surface area is 232 Å². The quantitative estimate of drug-likeness (QED) is 0.218. The molecule has 1 aromatic heterocycles. The Bertz CT molecular complexity index is 1910. The van der Waals surface area contributed by atoms with Gasteiger partial charge in [-0.3, -0.25) is 0 Å². The number of nitrogens with zero attached hydrogens (tertiary/aromatic N) is 2. The van der Waals surface area contributed by atoms with Gasteiger partial charge in [-0.2, -0.15) is 0 Å². The third-order valence-electron chi connectivity index (χ3n) is 8.80. The van der Waals surface area contributed by atoms with Crippen molar-refractivity contribution < 1.29 is 0 Å². The number of benzene rings is 6. The second kappa shape index (κ2) is 8.21. The summed E-state index contributed by atoms with van der Waals surface area (Å²) in [4.78, 5) is 11.3. The van der Waals surface area contributed by atoms with Gasteiger partial charge in [0.15, 0.2) is 0 Å². The van der Waals surface area contributed by atoms with Gasteiger partial charge in [0.05, 0.1) is 34.3 Å². The van der Waals surface area contributed by atoms with Crippen molar-refractivity contribution in [1.82, 2.24) is 9.97 Å². The van der Waals surface area contributed by atoms with Crippen LogP contribution in [0.3, 0.4) is 0 Å². The van der Waals surface area contributed by atoms with Crippen molar-refractivity contribution in [2.75, 3.05) is 0 Å². The lowest BCUT2D eigenvalue weighted by atomic mass is 9.64. The summed E-state index contributed by atoms with van der Waals surface area (Å²) in [6.45, 7) is 0. The minimum atomic E-state index is 0.0829. The maximum Gasteiger partial charge on any atom is 0.0981 e. The van der Waals surface area contributed by atoms with Crippen molar-refractivity contribution in [2.45, 2.75) is 11.8 Å². The molecule has 7 aromatic rings. The standard InChI is InChI=1S/C38H24N2/c1-3-13-23(14-4-1)31-25-17-7-8-18-26(25)32(24-15-5-2-6-16-24)36-35(31)39-37-33-27-19-9-11-21-29(27)34(38(37)40-36)30-22-12-10-20-28(30)33/h1-22,33-34H. The van der Waals surface area contributed by atoms with Crippen molar-refractivity contribution in [3.8, 4) is 22.3 Å². The zero-order valence-corrected chi connectivity index (χ0v) is 21.8. The van der Waals surface area contributed by atoms with Gasteiger partial charge in [0.25, 0.3) is 0 Å². The van der Waals surface area contributed by atoms with Gasteiger partial charge < -0.3 is 0 Å². The lowest BCUT2D eigenvalue weighted by Crippen LogP contribution is -2.29. The van der Waals surface area contributed by atoms with Gasteiger partial charge in [0.1, 0.15) is 0 Å². The lowest BCUT2D eigenvalue weighted by Gasteiger charge is -2.40. The number of hydrogen-bond donors (Lipinski definition) is 0. The summed E-state index contributed by atoms with van der Waals surface area (Å²) in [5.74, 6) is 0.166. The van der Waals surface area contributed by atoms with Crippen LogP contribution in [0.25, 0.3) is 44.1 Å². The minimum Gasteiger partial charge on any atom is -0.248 e. The highest BCUT2D eigenvalue weighted by atomic mass is 14.9. The molecule has 0 saturated heterocycles. The van der Waals surface area contributed by atoms with E-state index >= 15 is 0 Å². The van der Waals surface area contributed by atoms with Crippen molar-refractivity contribution in [2.24, 2.45) is 0 Å². The molecule has 2 nitrogen and oxygen atoms in total. The maximum absolute atomic E-state index is 5.65. The second-order valence-electron chi connectivity index (χ2n) is 10.8. The van der Waals surface area contributed by atoms with Crippen LogP contribution in [0.1, 0.15) is 45.5 Å². The van der Waals surface area contributed by atoms with Crippen molar-refractivity contribution in [3.63, 3.8) is 0 Å². The third-order valence-corrected chi connectivity index (χ3v) is 8.80. The first-order valence-electron chi connectivity index (χ1n) is 13.9. The van der Waals surface area contributed by atoms with E-state index in [1.165, 1.54) is 44.2 Å². The van der Waals surface area contributed by atoms with E-state index in [0.717, 1.165) is 33.5 Å². The first kappa shape index (κ1) is 21.8. The molecule has 0 radical (unpaired) electrons. The van der Waals surface area contributed by atoms with Crippen LogP contribution < -0.4 is 0 Å². The molecule has 2 bridgehead atoms. The Balaban J connectivity index is 1.48. The van der Waals surface area contributed by atoms with Gasteiger partial charge in [0.2, 0.25) is 0 Å². The SMILES string of the molecule is c1ccc(-c2c3ccccc3c(-c3ccccc3)c3nc4c(nc23)C2c3ccccc3C4c3ccccc32)cc1. The van der Waals surface area contributed by atoms with Gasteiger partial charge in [-0.05, 0) is 44.2 Å². The Morgan fingerprint density at radius 2 is 0.675 bits per heavy atom. The minimum absolute atomic E-state index is 0.0829. The van der Waals surface area contributed by atoms with E-state index in [1.807, 2.05) is 0 Å². The highest BCUT2D eigenvalue weighted by Crippen LogP contribution is 2.55. The Kier molecular flexibility index (Phi) is 4.48. The zero-order chi connectivity index (χ0) is 26.2. The molecule has 0 N–H and O–H groups in total. The van der Waals surface area contributed by atoms with Crippen LogP contribution in [0.5, 0.6) is 0 Å². The van der Waals surface area contributed by atoms with E-state index < -0.39 is 0 Å². The fourth-order valence-electron chi connectivity index (χ4n) is 7.20. The smallest absolute Gasteiger partial charge is 0.0981 e. The molecule has 0 amide bonds. The summed E-state index contributed by atoms with van der Waals surface area (Å²) in [7, 11) is 0. The van der Waals surface area contributed by atoms with Gasteiger partial charge in [0, 0.05) is 11.1 Å². The molecular weight excluding hydrogens is 484 g/mol. The molecule has 40 heavy (non-hydrogen) atoms. The molecule has 10 rings (SSSR count). The van der Waals surface area contributed by atoms with Crippen LogP contribution in [0.4, 0.5) is 0 Å². The monoisotopic (exact) mass is 508 g/mol. The second-order valence-corrected chi connectivity index (χ2v) is 10.8. The van der Waals surface area contributed by atoms with Crippen molar-refractivity contribution in [3.05, 3.63) is 167 Å². The van der Waals surface area contributed by atoms with Crippen LogP contribution >= 0.6 is 0 Å². The summed E-state index contributed by atoms with van der Waals surface area (Å²) in [5.41, 5.74) is 14.2. The largest absolute Gasteiger partial charge is 0.248 e. The molecular formula is C38H24N2. The molecule has 3 aliphatic carbocycles. The molecule has 1 heterocycles. The van der Waals surface area contributed by atoms with Crippen LogP contribution in [0, 0.1) is 0 Å². The fraction of sp³-hybridized carbons (Fsp3) is 0.0526. The Hall–Kier alpha value is -5.08. The molecule has 2 heteroatoms. The summed E-state index contributed by atoms with van der Waals surface area (Å²) < 4.78 is 0. The Morgan fingerprint density at radius 1 is 0.350 bits per heavy atom. The predicted octanol–water partition coefficient (Wildman–Crippen LogP) is 9.10. The lowest BCUT2D eigenvalue weighted by molar-refractivity contribution is 0.709. The maximum atomic E-state index is 5.65. The highest BCUT2D eigenvalue weighted by molar-refractivity contribution is 6.19. The van der Waals surface area contributed by atoms with Crippen LogP contribution in [0.15, 0.2) is 133 Å². The first-order valence-corrected chi connectivity index (χ1v) is 13.9. The van der Waals surface area contributed by atoms with E-state index in [0.29, 0.717) is 0 Å². The van der Waals surface area contributed by atoms with Gasteiger partial charge in [-0.25, -0.2) is 9.97 Å². The first-order chi connectivity index (χ1) is 19.9. The normalized spacial score (nSPS) is 16.5. The summed E-state index contributed by atoms with van der Waals surface area (Å²) in [6.07, 6.45) is 0. The fourth-order valence-corrected chi connectivity index (χ4v) is 7.20. The van der Waals surface area contributed by atoms with Crippen molar-refractivity contribution in [1.29, 1.82) is 0 Å². The molecule has 186 valence electrons. The molecule has 6 aromatic carbocycles. The molecule has 3 aliphatic rings. The van der Waals surface area contributed by atoms with Crippen LogP contribution in [0.2, 0.25) is 0 Å². The average Bonchev–Trinajstić information content (AvgIpc) is 3.03. The average molecular weight is 509 g/mol. The molecule has 0 atom stereocenters. The molecule has 0 spiro atoms. The zero-order valence-electron chi connectivity index (χ0n) is 21.8. The van der Waals surface area contributed by atoms with Gasteiger partial charge in [-0.1, -0.05) is 133 Å². The highest BCUT2D eigenvalue weighted by Gasteiger charge is 2.43.